The minimum atomic E-state index is 0. The molecule has 0 spiro atoms. The van der Waals surface area contributed by atoms with Crippen LogP contribution in [0, 0.1) is 0 Å². The highest BCUT2D eigenvalue weighted by Crippen LogP contribution is 1.80. The number of halogens is 1. The number of aromatic amines is 1. The fourth-order valence-electron chi connectivity index (χ4n) is 0.344. The van der Waals surface area contributed by atoms with Gasteiger partial charge in [-0.15, -0.1) is 12.4 Å². The molecule has 1 nitrogen and oxygen atoms in total. The Morgan fingerprint density at radius 3 is 2.43 bits per heavy atom. The summed E-state index contributed by atoms with van der Waals surface area (Å²) in [4.78, 5) is 2.96. The molecule has 0 aromatic carbocycles. The van der Waals surface area contributed by atoms with E-state index in [0.29, 0.717) is 0 Å². The number of hydrogen-bond donors (Lipinski definition) is 1. The van der Waals surface area contributed by atoms with E-state index in [4.69, 9.17) is 0 Å². The average molecular weight is 136 g/mol. The van der Waals surface area contributed by atoms with Gasteiger partial charge < -0.3 is 4.98 Å². The van der Waals surface area contributed by atoms with Gasteiger partial charge in [-0.25, -0.2) is 0 Å². The summed E-state index contributed by atoms with van der Waals surface area (Å²) in [5.41, 5.74) is 1.13. The van der Waals surface area contributed by atoms with E-state index in [1.807, 2.05) is 18.3 Å². The predicted octanol–water partition coefficient (Wildman–Crippen LogP) is 0.937. The zero-order valence-corrected chi connectivity index (χ0v) is 5.69. The fourth-order valence-corrected chi connectivity index (χ4v) is 0.552. The Morgan fingerprint density at radius 1 is 1.57 bits per heavy atom. The summed E-state index contributed by atoms with van der Waals surface area (Å²) in [7, 11) is 2.56. The highest BCUT2D eigenvalue weighted by atomic mass is 35.5. The van der Waals surface area contributed by atoms with Gasteiger partial charge >= 0.3 is 0 Å². The van der Waals surface area contributed by atoms with Crippen molar-refractivity contribution >= 4 is 27.1 Å². The van der Waals surface area contributed by atoms with Crippen LogP contribution in [0.1, 0.15) is 0 Å². The van der Waals surface area contributed by atoms with Crippen molar-refractivity contribution < 1.29 is 0 Å². The first kappa shape index (κ1) is 7.00. The van der Waals surface area contributed by atoms with Gasteiger partial charge in [0.2, 0.25) is 0 Å². The van der Waals surface area contributed by atoms with Gasteiger partial charge in [-0.1, -0.05) is 9.24 Å². The number of nitrogens with one attached hydrogen (secondary N) is 1. The van der Waals surface area contributed by atoms with Crippen LogP contribution in [-0.2, 0) is 0 Å². The minimum absolute atomic E-state index is 0. The van der Waals surface area contributed by atoms with Crippen LogP contribution >= 0.6 is 21.6 Å². The molecule has 7 heavy (non-hydrogen) atoms. The van der Waals surface area contributed by atoms with Gasteiger partial charge in [0.25, 0.3) is 0 Å². The van der Waals surface area contributed by atoms with Gasteiger partial charge in [0, 0.05) is 11.6 Å². The van der Waals surface area contributed by atoms with E-state index in [0.717, 1.165) is 5.44 Å². The van der Waals surface area contributed by atoms with Gasteiger partial charge in [0.15, 0.2) is 0 Å². The van der Waals surface area contributed by atoms with Gasteiger partial charge in [-0.3, -0.25) is 0 Å². The minimum Gasteiger partial charge on any atom is -0.362 e. The van der Waals surface area contributed by atoms with E-state index in [1.54, 1.807) is 0 Å². The van der Waals surface area contributed by atoms with Gasteiger partial charge in [-0.2, -0.15) is 0 Å². The van der Waals surface area contributed by atoms with Crippen molar-refractivity contribution in [1.82, 2.24) is 4.98 Å². The quantitative estimate of drug-likeness (QED) is 0.510. The summed E-state index contributed by atoms with van der Waals surface area (Å²) in [5.74, 6) is 0. The molecule has 1 atom stereocenters. The van der Waals surface area contributed by atoms with Crippen LogP contribution < -0.4 is 5.44 Å². The first-order valence-corrected chi connectivity index (χ1v) is 2.36. The van der Waals surface area contributed by atoms with Crippen LogP contribution in [0.5, 0.6) is 0 Å². The van der Waals surface area contributed by atoms with E-state index in [9.17, 15) is 0 Å². The topological polar surface area (TPSA) is 15.8 Å². The standard InChI is InChI=1S/C4H6NP.ClH/c6-4-2-1-3-5-4;/h1-3,5H,6H2;1H. The van der Waals surface area contributed by atoms with E-state index in [1.165, 1.54) is 0 Å². The molecule has 0 saturated carbocycles. The molecule has 40 valence electrons. The van der Waals surface area contributed by atoms with Crippen molar-refractivity contribution in [3.05, 3.63) is 18.3 Å². The van der Waals surface area contributed by atoms with Crippen molar-refractivity contribution in [2.45, 2.75) is 0 Å². The SMILES string of the molecule is Cl.Pc1ccc[nH]1. The first-order valence-electron chi connectivity index (χ1n) is 1.78. The molecule has 0 aliphatic rings. The molecule has 0 aliphatic carbocycles. The maximum absolute atomic E-state index is 2.96. The van der Waals surface area contributed by atoms with Crippen molar-refractivity contribution in [1.29, 1.82) is 0 Å². The largest absolute Gasteiger partial charge is 0.362 e. The van der Waals surface area contributed by atoms with Gasteiger partial charge in [0.05, 0.1) is 0 Å². The molecule has 0 aliphatic heterocycles. The maximum atomic E-state index is 2.96. The molecule has 0 radical (unpaired) electrons. The molecule has 0 bridgehead atoms. The zero-order valence-electron chi connectivity index (χ0n) is 3.72. The Bertz CT molecular complexity index is 115. The summed E-state index contributed by atoms with van der Waals surface area (Å²) in [6.07, 6.45) is 1.89. The van der Waals surface area contributed by atoms with Crippen molar-refractivity contribution in [3.8, 4) is 0 Å². The molecule has 1 heterocycles. The third-order valence-corrected chi connectivity index (χ3v) is 0.981. The van der Waals surface area contributed by atoms with Crippen LogP contribution in [0.3, 0.4) is 0 Å². The number of hydrogen-bond acceptors (Lipinski definition) is 0. The van der Waals surface area contributed by atoms with Crippen LogP contribution in [0.4, 0.5) is 0 Å². The third kappa shape index (κ3) is 1.96. The lowest BCUT2D eigenvalue weighted by Gasteiger charge is -1.70. The molecule has 1 aromatic rings. The lowest BCUT2D eigenvalue weighted by molar-refractivity contribution is 1.48. The molecule has 1 rings (SSSR count). The van der Waals surface area contributed by atoms with Crippen LogP contribution in [0.25, 0.3) is 0 Å². The molecule has 1 aromatic heterocycles. The van der Waals surface area contributed by atoms with E-state index in [-0.39, 0.29) is 12.4 Å². The van der Waals surface area contributed by atoms with E-state index >= 15 is 0 Å². The summed E-state index contributed by atoms with van der Waals surface area (Å²) >= 11 is 0. The van der Waals surface area contributed by atoms with Crippen molar-refractivity contribution in [3.63, 3.8) is 0 Å². The lowest BCUT2D eigenvalue weighted by Crippen LogP contribution is -1.83. The lowest BCUT2D eigenvalue weighted by atomic mass is 10.7. The Labute approximate surface area is 51.1 Å². The molecule has 0 amide bonds. The Hall–Kier alpha value is -0.0000000000000000555. The molecule has 3 heteroatoms. The smallest absolute Gasteiger partial charge is 0.0320 e. The second-order valence-electron chi connectivity index (χ2n) is 1.13. The summed E-state index contributed by atoms with van der Waals surface area (Å²) in [6.45, 7) is 0. The summed E-state index contributed by atoms with van der Waals surface area (Å²) in [6, 6.07) is 3.95. The second-order valence-corrected chi connectivity index (χ2v) is 1.75. The predicted molar refractivity (Wildman–Crippen MR) is 37.4 cm³/mol. The molecule has 1 unspecified atom stereocenters. The normalized spacial score (nSPS) is 7.57. The summed E-state index contributed by atoms with van der Waals surface area (Å²) < 4.78 is 0. The Morgan fingerprint density at radius 2 is 2.29 bits per heavy atom. The monoisotopic (exact) mass is 135 g/mol. The Kier molecular flexibility index (Phi) is 3.06. The fraction of sp³-hybridized carbons (Fsp3) is 0. The molecule has 1 N–H and O–H groups in total. The molecule has 0 saturated heterocycles. The molecular weight excluding hydrogens is 128 g/mol. The molecule has 0 fully saturated rings. The van der Waals surface area contributed by atoms with Crippen molar-refractivity contribution in [2.75, 3.05) is 0 Å². The zero-order chi connectivity index (χ0) is 4.41. The van der Waals surface area contributed by atoms with E-state index in [2.05, 4.69) is 14.2 Å². The average Bonchev–Trinajstić information content (AvgIpc) is 1.86. The third-order valence-electron chi connectivity index (χ3n) is 0.622. The van der Waals surface area contributed by atoms with E-state index < -0.39 is 0 Å². The van der Waals surface area contributed by atoms with Crippen LogP contribution in [-0.4, -0.2) is 4.98 Å². The Balaban J connectivity index is 0.000000360. The number of aromatic nitrogens is 1. The number of H-pyrrole nitrogens is 1. The molecular formula is C4H7ClNP. The summed E-state index contributed by atoms with van der Waals surface area (Å²) in [5, 5.41) is 0. The first-order chi connectivity index (χ1) is 2.89. The van der Waals surface area contributed by atoms with Gasteiger partial charge in [-0.05, 0) is 12.1 Å². The second kappa shape index (κ2) is 3.06. The number of rotatable bonds is 0. The highest BCUT2D eigenvalue weighted by Gasteiger charge is 1.72. The van der Waals surface area contributed by atoms with Crippen LogP contribution in [0.15, 0.2) is 18.3 Å². The van der Waals surface area contributed by atoms with Crippen molar-refractivity contribution in [2.24, 2.45) is 0 Å². The maximum Gasteiger partial charge on any atom is 0.0320 e. The highest BCUT2D eigenvalue weighted by molar-refractivity contribution is 7.26. The van der Waals surface area contributed by atoms with Gasteiger partial charge in [0.1, 0.15) is 0 Å². The van der Waals surface area contributed by atoms with Crippen LogP contribution in [0.2, 0.25) is 0 Å².